The average Bonchev–Trinajstić information content (AvgIpc) is 2.36. The molecule has 1 amide bonds. The van der Waals surface area contributed by atoms with Crippen molar-refractivity contribution < 1.29 is 14.6 Å². The summed E-state index contributed by atoms with van der Waals surface area (Å²) in [6.07, 6.45) is 0. The van der Waals surface area contributed by atoms with Gasteiger partial charge in [0.2, 0.25) is 0 Å². The molecule has 4 heteroatoms. The van der Waals surface area contributed by atoms with Gasteiger partial charge < -0.3 is 15.2 Å². The number of carbonyl (C=O) groups is 1. The maximum Gasteiger partial charge on any atom is 0.251 e. The molecule has 0 radical (unpaired) electrons. The van der Waals surface area contributed by atoms with Gasteiger partial charge in [-0.15, -0.1) is 0 Å². The largest absolute Gasteiger partial charge is 0.494 e. The van der Waals surface area contributed by atoms with Crippen molar-refractivity contribution in [3.63, 3.8) is 0 Å². The predicted octanol–water partition coefficient (Wildman–Crippen LogP) is 1.83. The molecule has 1 atom stereocenters. The van der Waals surface area contributed by atoms with E-state index in [4.69, 9.17) is 4.74 Å². The number of benzene rings is 1. The van der Waals surface area contributed by atoms with Crippen molar-refractivity contribution in [3.8, 4) is 5.75 Å². The molecule has 0 aliphatic heterocycles. The lowest BCUT2D eigenvalue weighted by atomic mass is 10.0. The summed E-state index contributed by atoms with van der Waals surface area (Å²) >= 11 is 0. The van der Waals surface area contributed by atoms with Gasteiger partial charge in [0, 0.05) is 5.56 Å². The SMILES string of the molecule is CCOc1ccc(C(=O)N[C@H](CO)C(C)C)cc1. The summed E-state index contributed by atoms with van der Waals surface area (Å²) in [4.78, 5) is 11.9. The first-order chi connectivity index (χ1) is 8.58. The third kappa shape index (κ3) is 4.04. The van der Waals surface area contributed by atoms with Crippen molar-refractivity contribution in [2.24, 2.45) is 5.92 Å². The predicted molar refractivity (Wildman–Crippen MR) is 70.8 cm³/mol. The van der Waals surface area contributed by atoms with E-state index in [1.165, 1.54) is 0 Å². The molecule has 1 aromatic carbocycles. The second-order valence-corrected chi connectivity index (χ2v) is 4.46. The molecule has 0 spiro atoms. The second-order valence-electron chi connectivity index (χ2n) is 4.46. The van der Waals surface area contributed by atoms with Crippen molar-refractivity contribution in [1.29, 1.82) is 0 Å². The Morgan fingerprint density at radius 2 is 1.94 bits per heavy atom. The maximum atomic E-state index is 11.9. The highest BCUT2D eigenvalue weighted by molar-refractivity contribution is 5.94. The number of amides is 1. The van der Waals surface area contributed by atoms with E-state index in [2.05, 4.69) is 5.32 Å². The van der Waals surface area contributed by atoms with Crippen molar-refractivity contribution in [1.82, 2.24) is 5.32 Å². The number of hydrogen-bond donors (Lipinski definition) is 2. The van der Waals surface area contributed by atoms with E-state index in [-0.39, 0.29) is 24.5 Å². The minimum atomic E-state index is -0.218. The monoisotopic (exact) mass is 251 g/mol. The number of carbonyl (C=O) groups excluding carboxylic acids is 1. The maximum absolute atomic E-state index is 11.9. The molecule has 0 unspecified atom stereocenters. The molecule has 2 N–H and O–H groups in total. The number of hydrogen-bond acceptors (Lipinski definition) is 3. The highest BCUT2D eigenvalue weighted by Crippen LogP contribution is 2.12. The summed E-state index contributed by atoms with van der Waals surface area (Å²) in [5.41, 5.74) is 0.567. The molecule has 0 aliphatic rings. The van der Waals surface area contributed by atoms with Crippen molar-refractivity contribution in [2.75, 3.05) is 13.2 Å². The Hall–Kier alpha value is -1.55. The van der Waals surface area contributed by atoms with Crippen LogP contribution in [0.15, 0.2) is 24.3 Å². The Morgan fingerprint density at radius 1 is 1.33 bits per heavy atom. The lowest BCUT2D eigenvalue weighted by molar-refractivity contribution is 0.0897. The van der Waals surface area contributed by atoms with Crippen LogP contribution in [0, 0.1) is 5.92 Å². The van der Waals surface area contributed by atoms with Gasteiger partial charge in [-0.05, 0) is 37.1 Å². The first-order valence-corrected chi connectivity index (χ1v) is 6.23. The Bertz CT molecular complexity index is 373. The number of aliphatic hydroxyl groups excluding tert-OH is 1. The average molecular weight is 251 g/mol. The molecule has 1 rings (SSSR count). The second kappa shape index (κ2) is 7.01. The van der Waals surface area contributed by atoms with Crippen LogP contribution >= 0.6 is 0 Å². The van der Waals surface area contributed by atoms with Crippen LogP contribution in [-0.4, -0.2) is 30.3 Å². The molecule has 4 nitrogen and oxygen atoms in total. The van der Waals surface area contributed by atoms with E-state index in [1.807, 2.05) is 20.8 Å². The number of rotatable bonds is 6. The van der Waals surface area contributed by atoms with Crippen LogP contribution in [-0.2, 0) is 0 Å². The molecule has 0 bridgehead atoms. The minimum absolute atomic E-state index is 0.0551. The van der Waals surface area contributed by atoms with E-state index in [0.717, 1.165) is 5.75 Å². The molecule has 100 valence electrons. The van der Waals surface area contributed by atoms with Gasteiger partial charge in [-0.25, -0.2) is 0 Å². The molecule has 1 aromatic rings. The summed E-state index contributed by atoms with van der Waals surface area (Å²) in [5.74, 6) is 0.768. The van der Waals surface area contributed by atoms with Gasteiger partial charge in [0.15, 0.2) is 0 Å². The topological polar surface area (TPSA) is 58.6 Å². The lowest BCUT2D eigenvalue weighted by Crippen LogP contribution is -2.41. The van der Waals surface area contributed by atoms with Gasteiger partial charge in [-0.1, -0.05) is 13.8 Å². The zero-order chi connectivity index (χ0) is 13.5. The van der Waals surface area contributed by atoms with Gasteiger partial charge >= 0.3 is 0 Å². The van der Waals surface area contributed by atoms with E-state index in [0.29, 0.717) is 12.2 Å². The molecular weight excluding hydrogens is 230 g/mol. The molecule has 0 aliphatic carbocycles. The quantitative estimate of drug-likeness (QED) is 0.811. The van der Waals surface area contributed by atoms with Crippen LogP contribution in [0.1, 0.15) is 31.1 Å². The van der Waals surface area contributed by atoms with Gasteiger partial charge in [0.25, 0.3) is 5.91 Å². The van der Waals surface area contributed by atoms with E-state index >= 15 is 0 Å². The summed E-state index contributed by atoms with van der Waals surface area (Å²) < 4.78 is 5.31. The molecule has 18 heavy (non-hydrogen) atoms. The fourth-order valence-corrected chi connectivity index (χ4v) is 1.54. The first kappa shape index (κ1) is 14.5. The normalized spacial score (nSPS) is 12.3. The summed E-state index contributed by atoms with van der Waals surface area (Å²) in [6, 6.07) is 6.75. The standard InChI is InChI=1S/C14H21NO3/c1-4-18-12-7-5-11(6-8-12)14(17)15-13(9-16)10(2)3/h5-8,10,13,16H,4,9H2,1-3H3,(H,15,17)/t13-/m1/s1. The highest BCUT2D eigenvalue weighted by atomic mass is 16.5. The molecule has 0 saturated heterocycles. The summed E-state index contributed by atoms with van der Waals surface area (Å²) in [7, 11) is 0. The van der Waals surface area contributed by atoms with Crippen molar-refractivity contribution in [3.05, 3.63) is 29.8 Å². The van der Waals surface area contributed by atoms with Crippen LogP contribution in [0.25, 0.3) is 0 Å². The number of nitrogens with one attached hydrogen (secondary N) is 1. The van der Waals surface area contributed by atoms with Gasteiger partial charge in [0.05, 0.1) is 19.3 Å². The van der Waals surface area contributed by atoms with Gasteiger partial charge in [-0.3, -0.25) is 4.79 Å². The Kier molecular flexibility index (Phi) is 5.65. The Morgan fingerprint density at radius 3 is 2.39 bits per heavy atom. The summed E-state index contributed by atoms with van der Waals surface area (Å²) in [5, 5.41) is 12.0. The molecule has 0 fully saturated rings. The van der Waals surface area contributed by atoms with Crippen molar-refractivity contribution in [2.45, 2.75) is 26.8 Å². The smallest absolute Gasteiger partial charge is 0.251 e. The number of aliphatic hydroxyl groups is 1. The molecular formula is C14H21NO3. The van der Waals surface area contributed by atoms with Crippen LogP contribution in [0.4, 0.5) is 0 Å². The van der Waals surface area contributed by atoms with Crippen molar-refractivity contribution >= 4 is 5.91 Å². The fourth-order valence-electron chi connectivity index (χ4n) is 1.54. The van der Waals surface area contributed by atoms with E-state index in [1.54, 1.807) is 24.3 Å². The van der Waals surface area contributed by atoms with Crippen LogP contribution in [0.2, 0.25) is 0 Å². The fraction of sp³-hybridized carbons (Fsp3) is 0.500. The third-order valence-electron chi connectivity index (χ3n) is 2.75. The zero-order valence-corrected chi connectivity index (χ0v) is 11.1. The zero-order valence-electron chi connectivity index (χ0n) is 11.1. The van der Waals surface area contributed by atoms with Gasteiger partial charge in [0.1, 0.15) is 5.75 Å². The lowest BCUT2D eigenvalue weighted by Gasteiger charge is -2.19. The first-order valence-electron chi connectivity index (χ1n) is 6.23. The van der Waals surface area contributed by atoms with Crippen LogP contribution in [0.5, 0.6) is 5.75 Å². The molecule has 0 saturated carbocycles. The van der Waals surface area contributed by atoms with Crippen LogP contribution < -0.4 is 10.1 Å². The molecule has 0 heterocycles. The minimum Gasteiger partial charge on any atom is -0.494 e. The number of ether oxygens (including phenoxy) is 1. The molecule has 0 aromatic heterocycles. The third-order valence-corrected chi connectivity index (χ3v) is 2.75. The Labute approximate surface area is 108 Å². The Balaban J connectivity index is 2.66. The van der Waals surface area contributed by atoms with E-state index < -0.39 is 0 Å². The van der Waals surface area contributed by atoms with E-state index in [9.17, 15) is 9.90 Å². The van der Waals surface area contributed by atoms with Gasteiger partial charge in [-0.2, -0.15) is 0 Å². The highest BCUT2D eigenvalue weighted by Gasteiger charge is 2.15. The summed E-state index contributed by atoms with van der Waals surface area (Å²) in [6.45, 7) is 6.37. The van der Waals surface area contributed by atoms with Crippen LogP contribution in [0.3, 0.4) is 0 Å².